The van der Waals surface area contributed by atoms with Crippen molar-refractivity contribution in [1.82, 2.24) is 5.32 Å². The monoisotopic (exact) mass is 197 g/mol. The number of nitrogens with one attached hydrogen (secondary N) is 1. The Hall–Kier alpha value is 0.110. The van der Waals surface area contributed by atoms with Crippen LogP contribution in [0.3, 0.4) is 0 Å². The van der Waals surface area contributed by atoms with Crippen molar-refractivity contribution in [2.24, 2.45) is 11.8 Å². The van der Waals surface area contributed by atoms with Crippen molar-refractivity contribution in [2.75, 3.05) is 13.1 Å². The molecule has 1 saturated carbocycles. The molecule has 0 aromatic carbocycles. The molecule has 12 heavy (non-hydrogen) atoms. The van der Waals surface area contributed by atoms with Crippen LogP contribution in [0.2, 0.25) is 0 Å². The van der Waals surface area contributed by atoms with Crippen LogP contribution < -0.4 is 5.32 Å². The standard InChI is InChI=1S/C8H13F2N.ClH/c9-8(10)3-1-6-2-4-11-5-7(6)8;/h6-7,11H,1-5H2;1H/t6-,7+;/m0./s1. The van der Waals surface area contributed by atoms with Crippen LogP contribution in [0.4, 0.5) is 8.78 Å². The molecule has 0 amide bonds. The molecule has 2 rings (SSSR count). The summed E-state index contributed by atoms with van der Waals surface area (Å²) in [6.45, 7) is 1.45. The van der Waals surface area contributed by atoms with Crippen molar-refractivity contribution in [3.05, 3.63) is 0 Å². The fraction of sp³-hybridized carbons (Fsp3) is 1.00. The SMILES string of the molecule is Cl.FC1(F)CC[C@H]2CCNC[C@H]21. The van der Waals surface area contributed by atoms with E-state index in [1.165, 1.54) is 0 Å². The van der Waals surface area contributed by atoms with Gasteiger partial charge in [0.05, 0.1) is 0 Å². The number of halogens is 3. The van der Waals surface area contributed by atoms with Crippen LogP contribution in [0.15, 0.2) is 0 Å². The molecule has 0 aromatic rings. The van der Waals surface area contributed by atoms with Gasteiger partial charge in [-0.2, -0.15) is 0 Å². The molecule has 1 aliphatic carbocycles. The van der Waals surface area contributed by atoms with Crippen LogP contribution in [0, 0.1) is 11.8 Å². The molecule has 1 aliphatic heterocycles. The number of hydrogen-bond acceptors (Lipinski definition) is 1. The molecule has 2 atom stereocenters. The van der Waals surface area contributed by atoms with Crippen molar-refractivity contribution in [1.29, 1.82) is 0 Å². The molecule has 2 fully saturated rings. The lowest BCUT2D eigenvalue weighted by molar-refractivity contribution is -0.0502. The predicted octanol–water partition coefficient (Wildman–Crippen LogP) is 2.06. The molecule has 0 aromatic heterocycles. The Balaban J connectivity index is 0.000000720. The Labute approximate surface area is 77.3 Å². The van der Waals surface area contributed by atoms with E-state index < -0.39 is 5.92 Å². The summed E-state index contributed by atoms with van der Waals surface area (Å²) in [6.07, 6.45) is 1.80. The minimum Gasteiger partial charge on any atom is -0.316 e. The van der Waals surface area contributed by atoms with Gasteiger partial charge in [0, 0.05) is 18.9 Å². The van der Waals surface area contributed by atoms with Gasteiger partial charge in [0.25, 0.3) is 5.92 Å². The molecule has 72 valence electrons. The molecular formula is C8H14ClF2N. The Morgan fingerprint density at radius 3 is 2.67 bits per heavy atom. The first-order valence-electron chi connectivity index (χ1n) is 4.29. The second kappa shape index (κ2) is 3.46. The number of fused-ring (bicyclic) bond motifs is 1. The highest BCUT2D eigenvalue weighted by Crippen LogP contribution is 2.46. The van der Waals surface area contributed by atoms with Gasteiger partial charge in [0.1, 0.15) is 0 Å². The van der Waals surface area contributed by atoms with Crippen molar-refractivity contribution < 1.29 is 8.78 Å². The summed E-state index contributed by atoms with van der Waals surface area (Å²) in [5.74, 6) is -2.44. The zero-order valence-corrected chi connectivity index (χ0v) is 7.67. The van der Waals surface area contributed by atoms with Gasteiger partial charge in [0.15, 0.2) is 0 Å². The predicted molar refractivity (Wildman–Crippen MR) is 45.9 cm³/mol. The first kappa shape index (κ1) is 10.2. The van der Waals surface area contributed by atoms with E-state index in [-0.39, 0.29) is 24.7 Å². The summed E-state index contributed by atoms with van der Waals surface area (Å²) in [6, 6.07) is 0. The quantitative estimate of drug-likeness (QED) is 0.627. The average Bonchev–Trinajstić information content (AvgIpc) is 2.29. The Kier molecular flexibility index (Phi) is 2.94. The maximum Gasteiger partial charge on any atom is 0.252 e. The molecule has 1 heterocycles. The van der Waals surface area contributed by atoms with Gasteiger partial charge in [0.2, 0.25) is 0 Å². The van der Waals surface area contributed by atoms with E-state index in [4.69, 9.17) is 0 Å². The van der Waals surface area contributed by atoms with Crippen LogP contribution in [-0.4, -0.2) is 19.0 Å². The minimum absolute atomic E-state index is 0. The van der Waals surface area contributed by atoms with Crippen molar-refractivity contribution in [3.8, 4) is 0 Å². The zero-order chi connectivity index (χ0) is 7.90. The fourth-order valence-electron chi connectivity index (χ4n) is 2.32. The zero-order valence-electron chi connectivity index (χ0n) is 6.85. The molecule has 1 saturated heterocycles. The van der Waals surface area contributed by atoms with Gasteiger partial charge in [-0.25, -0.2) is 8.78 Å². The van der Waals surface area contributed by atoms with E-state index in [1.54, 1.807) is 0 Å². The summed E-state index contributed by atoms with van der Waals surface area (Å²) in [5.41, 5.74) is 0. The molecule has 0 radical (unpaired) electrons. The van der Waals surface area contributed by atoms with Crippen LogP contribution in [0.5, 0.6) is 0 Å². The third kappa shape index (κ3) is 1.57. The maximum absolute atomic E-state index is 13.0. The summed E-state index contributed by atoms with van der Waals surface area (Å²) in [4.78, 5) is 0. The van der Waals surface area contributed by atoms with E-state index in [0.29, 0.717) is 12.5 Å². The van der Waals surface area contributed by atoms with Crippen molar-refractivity contribution >= 4 is 12.4 Å². The third-order valence-corrected chi connectivity index (χ3v) is 3.02. The van der Waals surface area contributed by atoms with Crippen LogP contribution in [-0.2, 0) is 0 Å². The maximum atomic E-state index is 13.0. The van der Waals surface area contributed by atoms with E-state index >= 15 is 0 Å². The van der Waals surface area contributed by atoms with Crippen molar-refractivity contribution in [3.63, 3.8) is 0 Å². The normalized spacial score (nSPS) is 38.5. The minimum atomic E-state index is -2.38. The number of rotatable bonds is 0. The van der Waals surface area contributed by atoms with Gasteiger partial charge in [-0.1, -0.05) is 0 Å². The van der Waals surface area contributed by atoms with E-state index in [9.17, 15) is 8.78 Å². The van der Waals surface area contributed by atoms with E-state index in [2.05, 4.69) is 5.32 Å². The van der Waals surface area contributed by atoms with Crippen LogP contribution in [0.1, 0.15) is 19.3 Å². The van der Waals surface area contributed by atoms with E-state index in [1.807, 2.05) is 0 Å². The fourth-order valence-corrected chi connectivity index (χ4v) is 2.32. The van der Waals surface area contributed by atoms with Gasteiger partial charge < -0.3 is 5.32 Å². The van der Waals surface area contributed by atoms with Crippen LogP contribution >= 0.6 is 12.4 Å². The molecule has 0 unspecified atom stereocenters. The average molecular weight is 198 g/mol. The molecule has 4 heteroatoms. The lowest BCUT2D eigenvalue weighted by Gasteiger charge is -2.29. The molecule has 0 spiro atoms. The highest BCUT2D eigenvalue weighted by molar-refractivity contribution is 5.85. The summed E-state index contributed by atoms with van der Waals surface area (Å²) in [5, 5.41) is 3.03. The van der Waals surface area contributed by atoms with Crippen LogP contribution in [0.25, 0.3) is 0 Å². The second-order valence-corrected chi connectivity index (χ2v) is 3.66. The van der Waals surface area contributed by atoms with Crippen molar-refractivity contribution in [2.45, 2.75) is 25.2 Å². The largest absolute Gasteiger partial charge is 0.316 e. The highest BCUT2D eigenvalue weighted by Gasteiger charge is 2.50. The first-order valence-corrected chi connectivity index (χ1v) is 4.29. The smallest absolute Gasteiger partial charge is 0.252 e. The molecule has 0 bridgehead atoms. The number of piperidine rings is 1. The first-order chi connectivity index (χ1) is 5.20. The van der Waals surface area contributed by atoms with Gasteiger partial charge in [-0.15, -0.1) is 12.4 Å². The number of hydrogen-bond donors (Lipinski definition) is 1. The summed E-state index contributed by atoms with van der Waals surface area (Å²) >= 11 is 0. The van der Waals surface area contributed by atoms with Gasteiger partial charge in [-0.3, -0.25) is 0 Å². The Bertz CT molecular complexity index is 163. The molecule has 2 aliphatic rings. The third-order valence-electron chi connectivity index (χ3n) is 3.02. The highest BCUT2D eigenvalue weighted by atomic mass is 35.5. The van der Waals surface area contributed by atoms with E-state index in [0.717, 1.165) is 19.4 Å². The van der Waals surface area contributed by atoms with Gasteiger partial charge >= 0.3 is 0 Å². The van der Waals surface area contributed by atoms with Gasteiger partial charge in [-0.05, 0) is 25.3 Å². The number of alkyl halides is 2. The molecule has 1 N–H and O–H groups in total. The topological polar surface area (TPSA) is 12.0 Å². The molecular weight excluding hydrogens is 184 g/mol. The molecule has 1 nitrogen and oxygen atoms in total. The summed E-state index contributed by atoms with van der Waals surface area (Å²) in [7, 11) is 0. The Morgan fingerprint density at radius 2 is 2.00 bits per heavy atom. The lowest BCUT2D eigenvalue weighted by atomic mass is 9.88. The second-order valence-electron chi connectivity index (χ2n) is 3.66. The Morgan fingerprint density at radius 1 is 1.25 bits per heavy atom. The lowest BCUT2D eigenvalue weighted by Crippen LogP contribution is -2.41. The summed E-state index contributed by atoms with van der Waals surface area (Å²) < 4.78 is 26.1.